The average molecular weight is 151 g/mol. The third-order valence-corrected chi connectivity index (χ3v) is 1.65. The summed E-state index contributed by atoms with van der Waals surface area (Å²) in [5.74, 6) is 0. The summed E-state index contributed by atoms with van der Waals surface area (Å²) in [5.41, 5.74) is 5.15. The summed E-state index contributed by atoms with van der Waals surface area (Å²) in [5, 5.41) is 0. The number of hydrogen-bond donors (Lipinski definition) is 3. The number of nitrogens with two attached hydrogens (primary N) is 1. The lowest BCUT2D eigenvalue weighted by molar-refractivity contribution is 0.371. The lowest BCUT2D eigenvalue weighted by Crippen LogP contribution is -2.20. The molecule has 0 aliphatic rings. The van der Waals surface area contributed by atoms with Gasteiger partial charge in [0.2, 0.25) is 0 Å². The second-order valence-electron chi connectivity index (χ2n) is 1.75. The maximum absolute atomic E-state index is 10.2. The van der Waals surface area contributed by atoms with Gasteiger partial charge < -0.3 is 15.5 Å². The molecule has 0 saturated carbocycles. The van der Waals surface area contributed by atoms with Crippen molar-refractivity contribution < 1.29 is 14.4 Å². The highest BCUT2D eigenvalue weighted by Gasteiger charge is 2.15. The van der Waals surface area contributed by atoms with E-state index < -0.39 is 13.6 Å². The molecular weight excluding hydrogens is 141 g/mol. The first-order chi connectivity index (χ1) is 3.95. The van der Waals surface area contributed by atoms with Crippen LogP contribution in [0.1, 0.15) is 0 Å². The van der Waals surface area contributed by atoms with Crippen LogP contribution in [0.5, 0.6) is 0 Å². The lowest BCUT2D eigenvalue weighted by Gasteiger charge is -2.05. The summed E-state index contributed by atoms with van der Waals surface area (Å²) in [6.45, 7) is 3.28. The van der Waals surface area contributed by atoms with E-state index in [1.807, 2.05) is 0 Å². The van der Waals surface area contributed by atoms with Gasteiger partial charge in [-0.2, -0.15) is 0 Å². The van der Waals surface area contributed by atoms with Gasteiger partial charge in [-0.15, -0.1) is 6.58 Å². The highest BCUT2D eigenvalue weighted by molar-refractivity contribution is 7.51. The summed E-state index contributed by atoms with van der Waals surface area (Å²) in [6, 6.07) is -0.606. The zero-order valence-corrected chi connectivity index (χ0v) is 5.79. The Balaban J connectivity index is 3.74. The van der Waals surface area contributed by atoms with Crippen LogP contribution in [0.4, 0.5) is 0 Å². The second-order valence-corrected chi connectivity index (χ2v) is 3.44. The monoisotopic (exact) mass is 151 g/mol. The van der Waals surface area contributed by atoms with Gasteiger partial charge >= 0.3 is 7.60 Å². The van der Waals surface area contributed by atoms with Gasteiger partial charge in [-0.05, 0) is 0 Å². The van der Waals surface area contributed by atoms with E-state index in [0.717, 1.165) is 0 Å². The van der Waals surface area contributed by atoms with Crippen LogP contribution in [0, 0.1) is 0 Å². The van der Waals surface area contributed by atoms with Gasteiger partial charge in [-0.3, -0.25) is 4.57 Å². The SMILES string of the molecule is C=CC(N)CP(=O)(O)O. The molecule has 1 atom stereocenters. The molecule has 54 valence electrons. The van der Waals surface area contributed by atoms with E-state index in [-0.39, 0.29) is 6.16 Å². The predicted octanol–water partition coefficient (Wildman–Crippen LogP) is -0.323. The van der Waals surface area contributed by atoms with E-state index >= 15 is 0 Å². The van der Waals surface area contributed by atoms with E-state index in [0.29, 0.717) is 0 Å². The first-order valence-corrected chi connectivity index (χ1v) is 4.18. The molecule has 0 bridgehead atoms. The van der Waals surface area contributed by atoms with Crippen LogP contribution in [0.25, 0.3) is 0 Å². The first-order valence-electron chi connectivity index (χ1n) is 2.38. The van der Waals surface area contributed by atoms with E-state index in [1.165, 1.54) is 6.08 Å². The van der Waals surface area contributed by atoms with Gasteiger partial charge in [0.15, 0.2) is 0 Å². The van der Waals surface area contributed by atoms with Gasteiger partial charge in [0.1, 0.15) is 0 Å². The van der Waals surface area contributed by atoms with Crippen LogP contribution in [-0.4, -0.2) is 22.0 Å². The predicted molar refractivity (Wildman–Crippen MR) is 35.1 cm³/mol. The minimum Gasteiger partial charge on any atom is -0.324 e. The molecule has 0 fully saturated rings. The molecular formula is C4H10NO3P. The highest BCUT2D eigenvalue weighted by Crippen LogP contribution is 2.34. The van der Waals surface area contributed by atoms with Crippen LogP contribution >= 0.6 is 7.60 Å². The van der Waals surface area contributed by atoms with Crippen LogP contribution in [-0.2, 0) is 4.57 Å². The molecule has 0 aliphatic carbocycles. The third-order valence-electron chi connectivity index (χ3n) is 0.751. The quantitative estimate of drug-likeness (QED) is 0.381. The second kappa shape index (κ2) is 3.13. The summed E-state index contributed by atoms with van der Waals surface area (Å²) in [4.78, 5) is 16.6. The van der Waals surface area contributed by atoms with Gasteiger partial charge in [-0.1, -0.05) is 6.08 Å². The van der Waals surface area contributed by atoms with E-state index in [9.17, 15) is 4.57 Å². The van der Waals surface area contributed by atoms with Crippen molar-refractivity contribution in [2.75, 3.05) is 6.16 Å². The van der Waals surface area contributed by atoms with Crippen LogP contribution in [0.2, 0.25) is 0 Å². The van der Waals surface area contributed by atoms with E-state index in [4.69, 9.17) is 15.5 Å². The van der Waals surface area contributed by atoms with E-state index in [1.54, 1.807) is 0 Å². The lowest BCUT2D eigenvalue weighted by atomic mass is 10.4. The molecule has 4 nitrogen and oxygen atoms in total. The van der Waals surface area contributed by atoms with Crippen molar-refractivity contribution in [3.63, 3.8) is 0 Å². The van der Waals surface area contributed by atoms with Crippen molar-refractivity contribution in [3.8, 4) is 0 Å². The van der Waals surface area contributed by atoms with Gasteiger partial charge in [0, 0.05) is 6.04 Å². The Bertz CT molecular complexity index is 141. The molecule has 0 amide bonds. The maximum Gasteiger partial charge on any atom is 0.327 e. The van der Waals surface area contributed by atoms with Crippen molar-refractivity contribution >= 4 is 7.60 Å². The molecule has 4 N–H and O–H groups in total. The Kier molecular flexibility index (Phi) is 3.08. The van der Waals surface area contributed by atoms with Crippen molar-refractivity contribution in [3.05, 3.63) is 12.7 Å². The van der Waals surface area contributed by atoms with E-state index in [2.05, 4.69) is 6.58 Å². The largest absolute Gasteiger partial charge is 0.327 e. The number of rotatable bonds is 3. The Labute approximate surface area is 53.5 Å². The van der Waals surface area contributed by atoms with Crippen molar-refractivity contribution in [2.45, 2.75) is 6.04 Å². The molecule has 0 aromatic heterocycles. The Hall–Kier alpha value is -0.150. The molecule has 0 heterocycles. The topological polar surface area (TPSA) is 83.6 Å². The fourth-order valence-electron chi connectivity index (χ4n) is 0.349. The van der Waals surface area contributed by atoms with Gasteiger partial charge in [0.25, 0.3) is 0 Å². The summed E-state index contributed by atoms with van der Waals surface area (Å²) >= 11 is 0. The zero-order chi connectivity index (χ0) is 7.49. The normalized spacial score (nSPS) is 15.0. The smallest absolute Gasteiger partial charge is 0.324 e. The third kappa shape index (κ3) is 5.73. The molecule has 0 saturated heterocycles. The fourth-order valence-corrected chi connectivity index (χ4v) is 1.05. The Morgan fingerprint density at radius 3 is 2.33 bits per heavy atom. The summed E-state index contributed by atoms with van der Waals surface area (Å²) in [7, 11) is -3.93. The molecule has 0 aliphatic heterocycles. The average Bonchev–Trinajstić information content (AvgIpc) is 1.62. The molecule has 0 radical (unpaired) electrons. The first kappa shape index (κ1) is 8.85. The van der Waals surface area contributed by atoms with Crippen molar-refractivity contribution in [1.82, 2.24) is 0 Å². The van der Waals surface area contributed by atoms with Crippen molar-refractivity contribution in [1.29, 1.82) is 0 Å². The zero-order valence-electron chi connectivity index (χ0n) is 4.90. The maximum atomic E-state index is 10.2. The molecule has 0 aromatic rings. The number of hydrogen-bond acceptors (Lipinski definition) is 2. The van der Waals surface area contributed by atoms with Crippen LogP contribution in [0.3, 0.4) is 0 Å². The minimum atomic E-state index is -3.93. The summed E-state index contributed by atoms with van der Waals surface area (Å²) < 4.78 is 10.2. The molecule has 1 unspecified atom stereocenters. The fraction of sp³-hybridized carbons (Fsp3) is 0.500. The Morgan fingerprint density at radius 2 is 2.22 bits per heavy atom. The standard InChI is InChI=1S/C4H10NO3P/c1-2-4(5)3-9(6,7)8/h2,4H,1,3,5H2,(H2,6,7,8). The molecule has 0 rings (SSSR count). The molecule has 9 heavy (non-hydrogen) atoms. The Morgan fingerprint density at radius 1 is 1.78 bits per heavy atom. The minimum absolute atomic E-state index is 0.323. The van der Waals surface area contributed by atoms with Gasteiger partial charge in [-0.25, -0.2) is 0 Å². The summed E-state index contributed by atoms with van der Waals surface area (Å²) in [6.07, 6.45) is 0.982. The van der Waals surface area contributed by atoms with Crippen molar-refractivity contribution in [2.24, 2.45) is 5.73 Å². The van der Waals surface area contributed by atoms with Crippen LogP contribution in [0.15, 0.2) is 12.7 Å². The molecule has 5 heteroatoms. The molecule has 0 aromatic carbocycles. The highest BCUT2D eigenvalue weighted by atomic mass is 31.2. The molecule has 0 spiro atoms. The van der Waals surface area contributed by atoms with Crippen LogP contribution < -0.4 is 5.73 Å². The van der Waals surface area contributed by atoms with Gasteiger partial charge in [0.05, 0.1) is 6.16 Å².